The Morgan fingerprint density at radius 1 is 1.44 bits per heavy atom. The first-order valence-corrected chi connectivity index (χ1v) is 6.15. The van der Waals surface area contributed by atoms with Crippen molar-refractivity contribution in [3.63, 3.8) is 0 Å². The summed E-state index contributed by atoms with van der Waals surface area (Å²) in [6, 6.07) is 4.92. The molecular weight excluding hydrogens is 244 g/mol. The minimum absolute atomic E-state index is 0.0540. The van der Waals surface area contributed by atoms with Crippen LogP contribution in [-0.2, 0) is 0 Å². The van der Waals surface area contributed by atoms with Crippen LogP contribution in [0.5, 0.6) is 0 Å². The molecule has 2 rings (SSSR count). The lowest BCUT2D eigenvalue weighted by Crippen LogP contribution is -1.99. The number of nitrogens with zero attached hydrogens (tertiary/aromatic N) is 2. The summed E-state index contributed by atoms with van der Waals surface area (Å²) >= 11 is 2.90. The van der Waals surface area contributed by atoms with Crippen LogP contribution >= 0.6 is 23.1 Å². The van der Waals surface area contributed by atoms with Crippen molar-refractivity contribution < 1.29 is 9.90 Å². The van der Waals surface area contributed by atoms with Crippen LogP contribution in [-0.4, -0.2) is 21.0 Å². The highest BCUT2D eigenvalue weighted by Crippen LogP contribution is 2.28. The summed E-state index contributed by atoms with van der Waals surface area (Å²) < 4.78 is 0.868. The fraction of sp³-hybridized carbons (Fsp3) is 0.100. The number of thiazole rings is 1. The van der Waals surface area contributed by atoms with Crippen molar-refractivity contribution in [2.75, 3.05) is 0 Å². The van der Waals surface area contributed by atoms with Gasteiger partial charge in [0.05, 0.1) is 0 Å². The van der Waals surface area contributed by atoms with Gasteiger partial charge in [0.15, 0.2) is 4.34 Å². The van der Waals surface area contributed by atoms with Crippen molar-refractivity contribution in [1.29, 1.82) is 0 Å². The third-order valence-corrected chi connectivity index (χ3v) is 3.73. The van der Waals surface area contributed by atoms with E-state index in [0.717, 1.165) is 10.0 Å². The van der Waals surface area contributed by atoms with Gasteiger partial charge < -0.3 is 5.11 Å². The molecule has 0 amide bonds. The van der Waals surface area contributed by atoms with Crippen molar-refractivity contribution in [1.82, 2.24) is 9.97 Å². The molecule has 6 heteroatoms. The lowest BCUT2D eigenvalue weighted by molar-refractivity contribution is 0.0689. The summed E-state index contributed by atoms with van der Waals surface area (Å²) in [5.41, 5.74) is 1.01. The summed E-state index contributed by atoms with van der Waals surface area (Å²) in [6.45, 7) is 1.92. The van der Waals surface area contributed by atoms with Gasteiger partial charge in [0, 0.05) is 11.1 Å². The van der Waals surface area contributed by atoms with Crippen LogP contribution in [0.25, 0.3) is 0 Å². The number of aromatic nitrogens is 2. The Kier molecular flexibility index (Phi) is 3.21. The van der Waals surface area contributed by atoms with Crippen molar-refractivity contribution in [3.05, 3.63) is 35.0 Å². The lowest BCUT2D eigenvalue weighted by atomic mass is 10.4. The second-order valence-electron chi connectivity index (χ2n) is 3.02. The van der Waals surface area contributed by atoms with Crippen molar-refractivity contribution in [2.45, 2.75) is 16.3 Å². The quantitative estimate of drug-likeness (QED) is 0.910. The molecule has 0 atom stereocenters. The van der Waals surface area contributed by atoms with Crippen molar-refractivity contribution in [2.24, 2.45) is 0 Å². The minimum Gasteiger partial charge on any atom is -0.477 e. The maximum Gasteiger partial charge on any atom is 0.354 e. The minimum atomic E-state index is -1.02. The van der Waals surface area contributed by atoms with Gasteiger partial charge in [-0.15, -0.1) is 11.3 Å². The zero-order chi connectivity index (χ0) is 11.5. The zero-order valence-electron chi connectivity index (χ0n) is 8.38. The number of pyridine rings is 1. The number of carbonyl (C=O) groups is 1. The molecule has 1 N–H and O–H groups in total. The fourth-order valence-corrected chi connectivity index (χ4v) is 2.83. The molecule has 0 bridgehead atoms. The van der Waals surface area contributed by atoms with Gasteiger partial charge in [0.1, 0.15) is 10.7 Å². The molecule has 0 aliphatic heterocycles. The third-order valence-electron chi connectivity index (χ3n) is 1.73. The molecule has 0 spiro atoms. The molecule has 0 aliphatic carbocycles. The Hall–Kier alpha value is -1.40. The number of aryl methyl sites for hydroxylation is 1. The number of aromatic carboxylic acids is 1. The molecule has 2 aromatic heterocycles. The number of rotatable bonds is 3. The van der Waals surface area contributed by atoms with Gasteiger partial charge in [0.25, 0.3) is 0 Å². The molecule has 0 saturated carbocycles. The summed E-state index contributed by atoms with van der Waals surface area (Å²) in [6.07, 6.45) is 0. The Balaban J connectivity index is 2.21. The summed E-state index contributed by atoms with van der Waals surface area (Å²) in [5.74, 6) is -1.02. The van der Waals surface area contributed by atoms with Crippen LogP contribution in [0.2, 0.25) is 0 Å². The number of carboxylic acid groups (broad SMARTS) is 1. The number of carboxylic acids is 1. The smallest absolute Gasteiger partial charge is 0.354 e. The molecule has 0 saturated heterocycles. The van der Waals surface area contributed by atoms with E-state index in [0.29, 0.717) is 5.03 Å². The van der Waals surface area contributed by atoms with E-state index in [1.54, 1.807) is 12.1 Å². The van der Waals surface area contributed by atoms with E-state index in [1.807, 2.05) is 12.3 Å². The molecule has 2 aromatic rings. The molecule has 2 heterocycles. The van der Waals surface area contributed by atoms with Gasteiger partial charge in [-0.3, -0.25) is 0 Å². The highest BCUT2D eigenvalue weighted by atomic mass is 32.2. The molecular formula is C10H8N2O2S2. The van der Waals surface area contributed by atoms with Gasteiger partial charge in [-0.25, -0.2) is 14.8 Å². The number of hydrogen-bond donors (Lipinski definition) is 1. The summed E-state index contributed by atoms with van der Waals surface area (Å²) in [4.78, 5) is 19.0. The fourth-order valence-electron chi connectivity index (χ4n) is 1.06. The van der Waals surface area contributed by atoms with Gasteiger partial charge in [-0.05, 0) is 30.8 Å². The maximum absolute atomic E-state index is 10.7. The monoisotopic (exact) mass is 252 g/mol. The average Bonchev–Trinajstić information content (AvgIpc) is 2.64. The molecule has 4 nitrogen and oxygen atoms in total. The van der Waals surface area contributed by atoms with Gasteiger partial charge >= 0.3 is 5.97 Å². The van der Waals surface area contributed by atoms with E-state index in [2.05, 4.69) is 9.97 Å². The molecule has 0 aromatic carbocycles. The van der Waals surface area contributed by atoms with E-state index in [1.165, 1.54) is 29.2 Å². The van der Waals surface area contributed by atoms with Crippen molar-refractivity contribution >= 4 is 29.1 Å². The van der Waals surface area contributed by atoms with Crippen LogP contribution in [0.15, 0.2) is 32.9 Å². The molecule has 0 unspecified atom stereocenters. The Bertz CT molecular complexity index is 525. The normalized spacial score (nSPS) is 10.3. The van der Waals surface area contributed by atoms with Crippen LogP contribution in [0.4, 0.5) is 0 Å². The molecule has 0 aliphatic rings. The summed E-state index contributed by atoms with van der Waals surface area (Å²) in [7, 11) is 0. The van der Waals surface area contributed by atoms with Gasteiger partial charge in [-0.2, -0.15) is 0 Å². The first-order valence-electron chi connectivity index (χ1n) is 4.45. The van der Waals surface area contributed by atoms with Gasteiger partial charge in [0.2, 0.25) is 0 Å². The largest absolute Gasteiger partial charge is 0.477 e. The molecule has 0 radical (unpaired) electrons. The average molecular weight is 252 g/mol. The maximum atomic E-state index is 10.7. The highest BCUT2D eigenvalue weighted by Gasteiger charge is 2.07. The zero-order valence-corrected chi connectivity index (χ0v) is 10.0. The van der Waals surface area contributed by atoms with E-state index >= 15 is 0 Å². The molecule has 0 fully saturated rings. The SMILES string of the molecule is Cc1csc(Sc2cccc(C(=O)O)n2)n1. The van der Waals surface area contributed by atoms with Crippen molar-refractivity contribution in [3.8, 4) is 0 Å². The summed E-state index contributed by atoms with van der Waals surface area (Å²) in [5, 5.41) is 11.4. The molecule has 82 valence electrons. The van der Waals surface area contributed by atoms with Crippen LogP contribution in [0, 0.1) is 6.92 Å². The van der Waals surface area contributed by atoms with E-state index in [-0.39, 0.29) is 5.69 Å². The van der Waals surface area contributed by atoms with Gasteiger partial charge in [-0.1, -0.05) is 6.07 Å². The van der Waals surface area contributed by atoms with E-state index in [4.69, 9.17) is 5.11 Å². The molecule has 16 heavy (non-hydrogen) atoms. The standard InChI is InChI=1S/C10H8N2O2S2/c1-6-5-15-10(11-6)16-8-4-2-3-7(12-8)9(13)14/h2-5H,1H3,(H,13,14). The predicted molar refractivity (Wildman–Crippen MR) is 62.2 cm³/mol. The topological polar surface area (TPSA) is 63.1 Å². The van der Waals surface area contributed by atoms with Crippen LogP contribution < -0.4 is 0 Å². The highest BCUT2D eigenvalue weighted by molar-refractivity contribution is 8.01. The third kappa shape index (κ3) is 2.59. The van der Waals surface area contributed by atoms with Crippen LogP contribution in [0.1, 0.15) is 16.2 Å². The Labute approximate surface area is 100 Å². The second-order valence-corrected chi connectivity index (χ2v) is 5.15. The predicted octanol–water partition coefficient (Wildman–Crippen LogP) is 2.70. The second kappa shape index (κ2) is 4.63. The van der Waals surface area contributed by atoms with Crippen LogP contribution in [0.3, 0.4) is 0 Å². The van der Waals surface area contributed by atoms with E-state index < -0.39 is 5.97 Å². The van der Waals surface area contributed by atoms with E-state index in [9.17, 15) is 4.79 Å². The Morgan fingerprint density at radius 2 is 2.25 bits per heavy atom. The first kappa shape index (κ1) is 11.1. The number of hydrogen-bond acceptors (Lipinski definition) is 5. The first-order chi connectivity index (χ1) is 7.65. The lowest BCUT2D eigenvalue weighted by Gasteiger charge is -1.98. The Morgan fingerprint density at radius 3 is 2.88 bits per heavy atom.